The second-order valence-electron chi connectivity index (χ2n) is 4.59. The molecule has 0 saturated carbocycles. The number of halogens is 1. The second-order valence-corrected chi connectivity index (χ2v) is 5.51. The van der Waals surface area contributed by atoms with Gasteiger partial charge in [0, 0.05) is 29.9 Å². The summed E-state index contributed by atoms with van der Waals surface area (Å²) in [5.41, 5.74) is 1.41. The minimum absolute atomic E-state index is 0.0694. The van der Waals surface area contributed by atoms with Crippen LogP contribution in [0.2, 0.25) is 0 Å². The lowest BCUT2D eigenvalue weighted by Gasteiger charge is -2.22. The molecule has 0 aliphatic carbocycles. The van der Waals surface area contributed by atoms with Gasteiger partial charge in [-0.2, -0.15) is 5.10 Å². The third kappa shape index (κ3) is 2.64. The van der Waals surface area contributed by atoms with E-state index in [1.807, 2.05) is 18.3 Å². The van der Waals surface area contributed by atoms with Crippen LogP contribution >= 0.6 is 15.9 Å². The van der Waals surface area contributed by atoms with Crippen LogP contribution in [0.1, 0.15) is 23.2 Å². The molecule has 0 atom stereocenters. The van der Waals surface area contributed by atoms with E-state index in [0.717, 1.165) is 22.8 Å². The zero-order chi connectivity index (χ0) is 13.2. The van der Waals surface area contributed by atoms with Gasteiger partial charge >= 0.3 is 0 Å². The second kappa shape index (κ2) is 5.30. The number of pyridine rings is 1. The van der Waals surface area contributed by atoms with Crippen molar-refractivity contribution < 1.29 is 9.53 Å². The fraction of sp³-hybridized carbons (Fsp3) is 0.385. The van der Waals surface area contributed by atoms with E-state index in [-0.39, 0.29) is 11.9 Å². The van der Waals surface area contributed by atoms with Crippen LogP contribution in [0.3, 0.4) is 0 Å². The van der Waals surface area contributed by atoms with Crippen molar-refractivity contribution in [2.45, 2.75) is 18.9 Å². The van der Waals surface area contributed by atoms with E-state index in [1.54, 1.807) is 10.7 Å². The predicted octanol–water partition coefficient (Wildman–Crippen LogP) is 2.01. The lowest BCUT2D eigenvalue weighted by atomic mass is 10.1. The molecule has 1 aliphatic heterocycles. The Morgan fingerprint density at radius 3 is 3.05 bits per heavy atom. The van der Waals surface area contributed by atoms with Crippen molar-refractivity contribution in [1.29, 1.82) is 0 Å². The molecule has 100 valence electrons. The Morgan fingerprint density at radius 2 is 2.26 bits per heavy atom. The molecule has 3 heterocycles. The first kappa shape index (κ1) is 12.6. The molecule has 0 bridgehead atoms. The Bertz CT molecular complexity index is 605. The smallest absolute Gasteiger partial charge is 0.255 e. The van der Waals surface area contributed by atoms with Crippen molar-refractivity contribution in [1.82, 2.24) is 14.9 Å². The van der Waals surface area contributed by atoms with Crippen LogP contribution in [0.4, 0.5) is 0 Å². The molecule has 1 fully saturated rings. The van der Waals surface area contributed by atoms with Crippen molar-refractivity contribution in [3.63, 3.8) is 0 Å². The van der Waals surface area contributed by atoms with E-state index in [9.17, 15) is 4.79 Å². The molecule has 6 heteroatoms. The lowest BCUT2D eigenvalue weighted by molar-refractivity contribution is 0.0697. The zero-order valence-electron chi connectivity index (χ0n) is 10.3. The van der Waals surface area contributed by atoms with Crippen LogP contribution in [0.25, 0.3) is 5.52 Å². The number of hydrogen-bond acceptors (Lipinski definition) is 3. The lowest BCUT2D eigenvalue weighted by Crippen LogP contribution is -2.38. The molecule has 0 aromatic carbocycles. The van der Waals surface area contributed by atoms with Crippen LogP contribution in [-0.2, 0) is 4.74 Å². The average molecular weight is 324 g/mol. The molecule has 0 spiro atoms. The summed E-state index contributed by atoms with van der Waals surface area (Å²) in [5, 5.41) is 7.23. The summed E-state index contributed by atoms with van der Waals surface area (Å²) in [6, 6.07) is 3.98. The molecule has 3 rings (SSSR count). The normalized spacial score (nSPS) is 16.7. The molecule has 19 heavy (non-hydrogen) atoms. The van der Waals surface area contributed by atoms with Crippen LogP contribution in [0.15, 0.2) is 29.0 Å². The Kier molecular flexibility index (Phi) is 3.52. The monoisotopic (exact) mass is 323 g/mol. The van der Waals surface area contributed by atoms with Crippen molar-refractivity contribution in [2.24, 2.45) is 0 Å². The van der Waals surface area contributed by atoms with Gasteiger partial charge < -0.3 is 10.1 Å². The van der Waals surface area contributed by atoms with Gasteiger partial charge in [0.15, 0.2) is 0 Å². The van der Waals surface area contributed by atoms with Crippen LogP contribution in [0, 0.1) is 0 Å². The van der Waals surface area contributed by atoms with Crippen molar-refractivity contribution in [3.8, 4) is 0 Å². The Hall–Kier alpha value is -1.40. The number of carbonyl (C=O) groups is 1. The first-order chi connectivity index (χ1) is 9.24. The number of amides is 1. The van der Waals surface area contributed by atoms with E-state index in [2.05, 4.69) is 26.3 Å². The van der Waals surface area contributed by atoms with Crippen molar-refractivity contribution >= 4 is 27.4 Å². The third-order valence-corrected chi connectivity index (χ3v) is 3.78. The van der Waals surface area contributed by atoms with E-state index in [0.29, 0.717) is 18.8 Å². The summed E-state index contributed by atoms with van der Waals surface area (Å²) >= 11 is 3.41. The molecule has 5 nitrogen and oxygen atoms in total. The molecule has 0 radical (unpaired) electrons. The number of ether oxygens (including phenoxy) is 1. The number of nitrogens with zero attached hydrogens (tertiary/aromatic N) is 2. The van der Waals surface area contributed by atoms with Gasteiger partial charge in [0.1, 0.15) is 0 Å². The quantitative estimate of drug-likeness (QED) is 0.919. The maximum absolute atomic E-state index is 12.3. The Labute approximate surface area is 119 Å². The van der Waals surface area contributed by atoms with Gasteiger partial charge in [-0.1, -0.05) is 15.9 Å². The minimum atomic E-state index is -0.0694. The molecule has 1 aliphatic rings. The van der Waals surface area contributed by atoms with Gasteiger partial charge in [-0.05, 0) is 25.0 Å². The average Bonchev–Trinajstić information content (AvgIpc) is 2.82. The van der Waals surface area contributed by atoms with Crippen molar-refractivity contribution in [2.75, 3.05) is 13.2 Å². The van der Waals surface area contributed by atoms with E-state index >= 15 is 0 Å². The molecular formula is C13H14BrN3O2. The van der Waals surface area contributed by atoms with Gasteiger partial charge in [0.2, 0.25) is 0 Å². The van der Waals surface area contributed by atoms with Crippen LogP contribution in [-0.4, -0.2) is 34.8 Å². The Balaban J connectivity index is 1.82. The summed E-state index contributed by atoms with van der Waals surface area (Å²) in [6.07, 6.45) is 5.17. The van der Waals surface area contributed by atoms with E-state index < -0.39 is 0 Å². The highest BCUT2D eigenvalue weighted by Crippen LogP contribution is 2.17. The number of rotatable bonds is 2. The van der Waals surface area contributed by atoms with Crippen LogP contribution < -0.4 is 5.32 Å². The maximum atomic E-state index is 12.3. The predicted molar refractivity (Wildman–Crippen MR) is 74.2 cm³/mol. The summed E-state index contributed by atoms with van der Waals surface area (Å²) in [6.45, 7) is 1.43. The summed E-state index contributed by atoms with van der Waals surface area (Å²) in [5.74, 6) is -0.0694. The largest absolute Gasteiger partial charge is 0.381 e. The molecular weight excluding hydrogens is 310 g/mol. The SMILES string of the molecule is O=C(NC1CCOCC1)c1cnn2ccc(Br)cc12. The highest BCUT2D eigenvalue weighted by Gasteiger charge is 2.19. The van der Waals surface area contributed by atoms with E-state index in [4.69, 9.17) is 4.74 Å². The highest BCUT2D eigenvalue weighted by molar-refractivity contribution is 9.10. The van der Waals surface area contributed by atoms with Crippen LogP contribution in [0.5, 0.6) is 0 Å². The number of fused-ring (bicyclic) bond motifs is 1. The van der Waals surface area contributed by atoms with Gasteiger partial charge in [0.05, 0.1) is 17.3 Å². The number of carbonyl (C=O) groups excluding carboxylic acids is 1. The molecule has 1 saturated heterocycles. The molecule has 0 unspecified atom stereocenters. The molecule has 1 amide bonds. The molecule has 2 aromatic heterocycles. The highest BCUT2D eigenvalue weighted by atomic mass is 79.9. The molecule has 2 aromatic rings. The zero-order valence-corrected chi connectivity index (χ0v) is 11.9. The maximum Gasteiger partial charge on any atom is 0.255 e. The van der Waals surface area contributed by atoms with Gasteiger partial charge in [0.25, 0.3) is 5.91 Å². The topological polar surface area (TPSA) is 55.6 Å². The van der Waals surface area contributed by atoms with Crippen molar-refractivity contribution in [3.05, 3.63) is 34.6 Å². The van der Waals surface area contributed by atoms with Gasteiger partial charge in [-0.3, -0.25) is 4.79 Å². The molecule has 1 N–H and O–H groups in total. The first-order valence-electron chi connectivity index (χ1n) is 6.25. The van der Waals surface area contributed by atoms with Gasteiger partial charge in [-0.15, -0.1) is 0 Å². The summed E-state index contributed by atoms with van der Waals surface area (Å²) in [7, 11) is 0. The fourth-order valence-corrected chi connectivity index (χ4v) is 2.57. The standard InChI is InChI=1S/C13H14BrN3O2/c14-9-1-4-17-12(7-9)11(8-15-17)13(18)16-10-2-5-19-6-3-10/h1,4,7-8,10H,2-3,5-6H2,(H,16,18). The number of nitrogens with one attached hydrogen (secondary N) is 1. The minimum Gasteiger partial charge on any atom is -0.381 e. The third-order valence-electron chi connectivity index (χ3n) is 3.28. The first-order valence-corrected chi connectivity index (χ1v) is 7.05. The fourth-order valence-electron chi connectivity index (χ4n) is 2.23. The Morgan fingerprint density at radius 1 is 1.47 bits per heavy atom. The van der Waals surface area contributed by atoms with Gasteiger partial charge in [-0.25, -0.2) is 4.52 Å². The number of aromatic nitrogens is 2. The summed E-state index contributed by atoms with van der Waals surface area (Å²) < 4.78 is 7.91. The number of hydrogen-bond donors (Lipinski definition) is 1. The van der Waals surface area contributed by atoms with E-state index in [1.165, 1.54) is 0 Å². The summed E-state index contributed by atoms with van der Waals surface area (Å²) in [4.78, 5) is 12.3.